The second-order valence-electron chi connectivity index (χ2n) is 4.60. The van der Waals surface area contributed by atoms with Crippen LogP contribution in [0.2, 0.25) is 0 Å². The first kappa shape index (κ1) is 13.2. The quantitative estimate of drug-likeness (QED) is 0.451. The summed E-state index contributed by atoms with van der Waals surface area (Å²) < 4.78 is 0. The number of carboxylic acid groups (broad SMARTS) is 1. The fourth-order valence-corrected chi connectivity index (χ4v) is 1.77. The van der Waals surface area contributed by atoms with Crippen molar-refractivity contribution in [2.24, 2.45) is 5.92 Å². The van der Waals surface area contributed by atoms with Crippen LogP contribution < -0.4 is 16.4 Å². The Kier molecular flexibility index (Phi) is 3.89. The molecule has 19 heavy (non-hydrogen) atoms. The van der Waals surface area contributed by atoms with E-state index in [1.54, 1.807) is 12.1 Å². The summed E-state index contributed by atoms with van der Waals surface area (Å²) in [5.74, 6) is -0.763. The minimum Gasteiger partial charge on any atom is -0.478 e. The van der Waals surface area contributed by atoms with E-state index in [1.807, 2.05) is 0 Å². The minimum absolute atomic E-state index is 0.0811. The predicted octanol–water partition coefficient (Wildman–Crippen LogP) is 0.905. The van der Waals surface area contributed by atoms with Crippen molar-refractivity contribution in [2.45, 2.75) is 12.8 Å². The third-order valence-corrected chi connectivity index (χ3v) is 2.96. The molecule has 0 aromatic heterocycles. The van der Waals surface area contributed by atoms with E-state index in [4.69, 9.17) is 10.8 Å². The van der Waals surface area contributed by atoms with Gasteiger partial charge < -0.3 is 21.5 Å². The predicted molar refractivity (Wildman–Crippen MR) is 72.0 cm³/mol. The number of nitrogens with two attached hydrogens (primary N) is 1. The number of carbonyl (C=O) groups excluding carboxylic acids is 1. The number of benzene rings is 1. The van der Waals surface area contributed by atoms with Gasteiger partial charge >= 0.3 is 5.97 Å². The number of rotatable bonds is 6. The Morgan fingerprint density at radius 1 is 1.32 bits per heavy atom. The summed E-state index contributed by atoms with van der Waals surface area (Å²) in [6, 6.07) is 4.67. The zero-order chi connectivity index (χ0) is 13.8. The molecule has 0 saturated heterocycles. The van der Waals surface area contributed by atoms with Crippen molar-refractivity contribution >= 4 is 23.3 Å². The van der Waals surface area contributed by atoms with Crippen LogP contribution >= 0.6 is 0 Å². The number of hydrogen-bond donors (Lipinski definition) is 4. The molecule has 1 saturated carbocycles. The van der Waals surface area contributed by atoms with Gasteiger partial charge in [-0.2, -0.15) is 0 Å². The number of amides is 1. The normalized spacial score (nSPS) is 13.9. The van der Waals surface area contributed by atoms with E-state index >= 15 is 0 Å². The average molecular weight is 263 g/mol. The molecule has 1 aromatic carbocycles. The monoisotopic (exact) mass is 263 g/mol. The average Bonchev–Trinajstić information content (AvgIpc) is 3.19. The number of nitrogen functional groups attached to an aromatic ring is 1. The Morgan fingerprint density at radius 2 is 2.05 bits per heavy atom. The number of aromatic carboxylic acids is 1. The van der Waals surface area contributed by atoms with Gasteiger partial charge in [0.2, 0.25) is 5.91 Å². The van der Waals surface area contributed by atoms with Gasteiger partial charge in [0, 0.05) is 30.4 Å². The van der Waals surface area contributed by atoms with Crippen LogP contribution in [0.25, 0.3) is 0 Å². The molecule has 6 nitrogen and oxygen atoms in total. The topological polar surface area (TPSA) is 104 Å². The Morgan fingerprint density at radius 3 is 2.68 bits per heavy atom. The van der Waals surface area contributed by atoms with Gasteiger partial charge in [0.05, 0.1) is 5.56 Å². The molecule has 2 rings (SSSR count). The Hall–Kier alpha value is -2.24. The SMILES string of the molecule is Nc1ccc(NCCNC(=O)C2CC2)c(C(=O)O)c1. The van der Waals surface area contributed by atoms with E-state index in [0.29, 0.717) is 24.5 Å². The molecule has 1 aliphatic rings. The van der Waals surface area contributed by atoms with Gasteiger partial charge in [0.1, 0.15) is 0 Å². The molecule has 1 fully saturated rings. The maximum atomic E-state index is 11.4. The number of carboxylic acids is 1. The lowest BCUT2D eigenvalue weighted by Gasteiger charge is -2.10. The van der Waals surface area contributed by atoms with Gasteiger partial charge in [-0.05, 0) is 31.0 Å². The van der Waals surface area contributed by atoms with Crippen LogP contribution in [0, 0.1) is 5.92 Å². The fraction of sp³-hybridized carbons (Fsp3) is 0.385. The highest BCUT2D eigenvalue weighted by Gasteiger charge is 2.28. The van der Waals surface area contributed by atoms with E-state index in [9.17, 15) is 9.59 Å². The van der Waals surface area contributed by atoms with E-state index in [0.717, 1.165) is 12.8 Å². The van der Waals surface area contributed by atoms with Crippen molar-refractivity contribution in [3.8, 4) is 0 Å². The second-order valence-corrected chi connectivity index (χ2v) is 4.60. The maximum Gasteiger partial charge on any atom is 0.337 e. The molecule has 0 spiro atoms. The van der Waals surface area contributed by atoms with Crippen LogP contribution in [0.15, 0.2) is 18.2 Å². The van der Waals surface area contributed by atoms with Crippen LogP contribution in [-0.4, -0.2) is 30.1 Å². The van der Waals surface area contributed by atoms with Crippen LogP contribution in [-0.2, 0) is 4.79 Å². The molecular weight excluding hydrogens is 246 g/mol. The Balaban J connectivity index is 1.84. The van der Waals surface area contributed by atoms with Crippen molar-refractivity contribution in [3.05, 3.63) is 23.8 Å². The van der Waals surface area contributed by atoms with Crippen molar-refractivity contribution < 1.29 is 14.7 Å². The molecule has 0 heterocycles. The Bertz CT molecular complexity index is 498. The van der Waals surface area contributed by atoms with E-state index in [2.05, 4.69) is 10.6 Å². The standard InChI is InChI=1S/C13H17N3O3/c14-9-3-4-11(10(7-9)13(18)19)15-5-6-16-12(17)8-1-2-8/h3-4,7-8,15H,1-2,5-6,14H2,(H,16,17)(H,18,19). The summed E-state index contributed by atoms with van der Waals surface area (Å²) in [4.78, 5) is 22.4. The smallest absolute Gasteiger partial charge is 0.337 e. The molecule has 0 unspecified atom stereocenters. The van der Waals surface area contributed by atoms with Gasteiger partial charge in [-0.25, -0.2) is 4.79 Å². The van der Waals surface area contributed by atoms with Crippen molar-refractivity contribution in [1.29, 1.82) is 0 Å². The lowest BCUT2D eigenvalue weighted by Crippen LogP contribution is -2.30. The van der Waals surface area contributed by atoms with Gasteiger partial charge in [-0.1, -0.05) is 0 Å². The summed E-state index contributed by atoms with van der Waals surface area (Å²) in [5.41, 5.74) is 6.59. The lowest BCUT2D eigenvalue weighted by molar-refractivity contribution is -0.122. The molecule has 5 N–H and O–H groups in total. The van der Waals surface area contributed by atoms with Crippen LogP contribution in [0.1, 0.15) is 23.2 Å². The van der Waals surface area contributed by atoms with Crippen LogP contribution in [0.5, 0.6) is 0 Å². The third-order valence-electron chi connectivity index (χ3n) is 2.96. The van der Waals surface area contributed by atoms with E-state index in [1.165, 1.54) is 6.07 Å². The molecule has 0 bridgehead atoms. The maximum absolute atomic E-state index is 11.4. The zero-order valence-corrected chi connectivity index (χ0v) is 10.5. The lowest BCUT2D eigenvalue weighted by atomic mass is 10.1. The molecule has 1 aliphatic carbocycles. The molecule has 0 radical (unpaired) electrons. The van der Waals surface area contributed by atoms with Gasteiger partial charge in [0.25, 0.3) is 0 Å². The summed E-state index contributed by atoms with van der Waals surface area (Å²) in [5, 5.41) is 14.8. The van der Waals surface area contributed by atoms with Crippen molar-refractivity contribution in [3.63, 3.8) is 0 Å². The molecule has 102 valence electrons. The van der Waals surface area contributed by atoms with E-state index in [-0.39, 0.29) is 17.4 Å². The summed E-state index contributed by atoms with van der Waals surface area (Å²) in [6.07, 6.45) is 1.95. The van der Waals surface area contributed by atoms with Crippen LogP contribution in [0.3, 0.4) is 0 Å². The first-order valence-electron chi connectivity index (χ1n) is 6.22. The van der Waals surface area contributed by atoms with Gasteiger partial charge in [-0.15, -0.1) is 0 Å². The minimum atomic E-state index is -1.03. The molecule has 0 atom stereocenters. The van der Waals surface area contributed by atoms with Crippen molar-refractivity contribution in [1.82, 2.24) is 5.32 Å². The first-order chi connectivity index (χ1) is 9.08. The third kappa shape index (κ3) is 3.61. The summed E-state index contributed by atoms with van der Waals surface area (Å²) >= 11 is 0. The highest BCUT2D eigenvalue weighted by molar-refractivity contribution is 5.95. The number of carbonyl (C=O) groups is 2. The van der Waals surface area contributed by atoms with Gasteiger partial charge in [-0.3, -0.25) is 4.79 Å². The molecule has 6 heteroatoms. The highest BCUT2D eigenvalue weighted by Crippen LogP contribution is 2.28. The molecule has 1 aromatic rings. The summed E-state index contributed by atoms with van der Waals surface area (Å²) in [6.45, 7) is 0.946. The molecule has 0 aliphatic heterocycles. The first-order valence-corrected chi connectivity index (χ1v) is 6.22. The zero-order valence-electron chi connectivity index (χ0n) is 10.5. The molecular formula is C13H17N3O3. The number of nitrogens with one attached hydrogen (secondary N) is 2. The fourth-order valence-electron chi connectivity index (χ4n) is 1.77. The second kappa shape index (κ2) is 5.60. The van der Waals surface area contributed by atoms with Crippen molar-refractivity contribution in [2.75, 3.05) is 24.1 Å². The summed E-state index contributed by atoms with van der Waals surface area (Å²) in [7, 11) is 0. The van der Waals surface area contributed by atoms with Crippen LogP contribution in [0.4, 0.5) is 11.4 Å². The number of hydrogen-bond acceptors (Lipinski definition) is 4. The van der Waals surface area contributed by atoms with E-state index < -0.39 is 5.97 Å². The Labute approximate surface area is 111 Å². The van der Waals surface area contributed by atoms with Gasteiger partial charge in [0.15, 0.2) is 0 Å². The molecule has 1 amide bonds. The number of anilines is 2. The highest BCUT2D eigenvalue weighted by atomic mass is 16.4. The largest absolute Gasteiger partial charge is 0.478 e.